The van der Waals surface area contributed by atoms with E-state index in [1.807, 2.05) is 0 Å². The summed E-state index contributed by atoms with van der Waals surface area (Å²) in [5.74, 6) is 0. The van der Waals surface area contributed by atoms with E-state index < -0.39 is 0 Å². The van der Waals surface area contributed by atoms with E-state index in [-0.39, 0.29) is 0 Å². The van der Waals surface area contributed by atoms with Crippen molar-refractivity contribution < 1.29 is 4.42 Å². The fourth-order valence-electron chi connectivity index (χ4n) is 8.31. The van der Waals surface area contributed by atoms with Crippen molar-refractivity contribution in [1.29, 1.82) is 0 Å². The highest BCUT2D eigenvalue weighted by Crippen LogP contribution is 2.44. The molecule has 2 heterocycles. The zero-order valence-electron chi connectivity index (χ0n) is 28.8. The van der Waals surface area contributed by atoms with Gasteiger partial charge in [-0.05, 0) is 94.0 Å². The number of benzene rings is 9. The first kappa shape index (κ1) is 29.6. The number of para-hydroxylation sites is 2. The second-order valence-electron chi connectivity index (χ2n) is 13.8. The molecule has 0 aliphatic carbocycles. The Morgan fingerprint density at radius 1 is 0.377 bits per heavy atom. The van der Waals surface area contributed by atoms with Crippen molar-refractivity contribution in [2.24, 2.45) is 0 Å². The van der Waals surface area contributed by atoms with Gasteiger partial charge in [0, 0.05) is 55.7 Å². The second-order valence-corrected chi connectivity index (χ2v) is 13.8. The molecule has 2 aromatic heterocycles. The first-order valence-corrected chi connectivity index (χ1v) is 18.1. The number of furan rings is 1. The van der Waals surface area contributed by atoms with Crippen LogP contribution in [0.2, 0.25) is 0 Å². The van der Waals surface area contributed by atoms with E-state index in [0.29, 0.717) is 0 Å². The Morgan fingerprint density at radius 3 is 1.87 bits per heavy atom. The van der Waals surface area contributed by atoms with Crippen LogP contribution in [0, 0.1) is 0 Å². The average Bonchev–Trinajstić information content (AvgIpc) is 3.77. The quantitative estimate of drug-likeness (QED) is 0.181. The van der Waals surface area contributed by atoms with Crippen molar-refractivity contribution in [2.75, 3.05) is 4.90 Å². The second kappa shape index (κ2) is 11.7. The van der Waals surface area contributed by atoms with E-state index in [9.17, 15) is 0 Å². The lowest BCUT2D eigenvalue weighted by atomic mass is 9.96. The standard InChI is InChI=1S/C50H32N2O/c1-3-13-33(14-4-1)45-31-39(29-35-16-8-9-19-40(35)45)51(38-24-27-43-44-26-23-34-15-7-10-20-41(34)50(44)53-49(43)32-38)37-25-28-48-46(30-37)42-21-11-12-22-47(42)52(48)36-17-5-2-6-18-36/h1-32H. The molecule has 0 radical (unpaired) electrons. The molecule has 0 N–H and O–H groups in total. The summed E-state index contributed by atoms with van der Waals surface area (Å²) in [6, 6.07) is 69.8. The van der Waals surface area contributed by atoms with Crippen LogP contribution >= 0.6 is 0 Å². The maximum atomic E-state index is 6.74. The third kappa shape index (κ3) is 4.68. The summed E-state index contributed by atoms with van der Waals surface area (Å²) in [6.45, 7) is 0. The smallest absolute Gasteiger partial charge is 0.143 e. The third-order valence-corrected chi connectivity index (χ3v) is 10.7. The summed E-state index contributed by atoms with van der Waals surface area (Å²) in [6.07, 6.45) is 0. The summed E-state index contributed by atoms with van der Waals surface area (Å²) in [7, 11) is 0. The predicted octanol–water partition coefficient (Wildman–Crippen LogP) is 14.1. The van der Waals surface area contributed by atoms with Crippen LogP contribution in [-0.4, -0.2) is 4.57 Å². The molecule has 0 spiro atoms. The summed E-state index contributed by atoms with van der Waals surface area (Å²) >= 11 is 0. The Hall–Kier alpha value is -7.10. The number of anilines is 3. The van der Waals surface area contributed by atoms with Crippen LogP contribution in [0.4, 0.5) is 17.1 Å². The number of hydrogen-bond acceptors (Lipinski definition) is 2. The van der Waals surface area contributed by atoms with Crippen molar-refractivity contribution in [3.05, 3.63) is 194 Å². The lowest BCUT2D eigenvalue weighted by molar-refractivity contribution is 0.672. The van der Waals surface area contributed by atoms with Gasteiger partial charge in [0.1, 0.15) is 11.2 Å². The molecule has 248 valence electrons. The molecule has 53 heavy (non-hydrogen) atoms. The first-order valence-electron chi connectivity index (χ1n) is 18.1. The minimum Gasteiger partial charge on any atom is -0.455 e. The van der Waals surface area contributed by atoms with Gasteiger partial charge in [-0.15, -0.1) is 0 Å². The van der Waals surface area contributed by atoms with Crippen LogP contribution < -0.4 is 4.90 Å². The molecule has 0 fully saturated rings. The van der Waals surface area contributed by atoms with Gasteiger partial charge < -0.3 is 13.9 Å². The number of fused-ring (bicyclic) bond motifs is 9. The molecule has 0 aliphatic heterocycles. The van der Waals surface area contributed by atoms with Crippen molar-refractivity contribution in [1.82, 2.24) is 4.57 Å². The van der Waals surface area contributed by atoms with Crippen molar-refractivity contribution >= 4 is 82.4 Å². The normalized spacial score (nSPS) is 11.8. The van der Waals surface area contributed by atoms with Gasteiger partial charge in [0.2, 0.25) is 0 Å². The fourth-order valence-corrected chi connectivity index (χ4v) is 8.31. The lowest BCUT2D eigenvalue weighted by Crippen LogP contribution is -2.10. The average molecular weight is 677 g/mol. The van der Waals surface area contributed by atoms with E-state index in [1.54, 1.807) is 0 Å². The molecule has 0 unspecified atom stereocenters. The molecular formula is C50H32N2O. The number of aromatic nitrogens is 1. The highest BCUT2D eigenvalue weighted by molar-refractivity contribution is 6.16. The van der Waals surface area contributed by atoms with E-state index in [0.717, 1.165) is 50.1 Å². The molecule has 0 saturated carbocycles. The van der Waals surface area contributed by atoms with Gasteiger partial charge in [-0.25, -0.2) is 0 Å². The monoisotopic (exact) mass is 676 g/mol. The molecule has 0 aliphatic rings. The Morgan fingerprint density at radius 2 is 1.02 bits per heavy atom. The summed E-state index contributed by atoms with van der Waals surface area (Å²) in [5.41, 5.74) is 10.9. The molecule has 3 nitrogen and oxygen atoms in total. The van der Waals surface area contributed by atoms with Crippen molar-refractivity contribution in [3.63, 3.8) is 0 Å². The van der Waals surface area contributed by atoms with Crippen LogP contribution in [0.3, 0.4) is 0 Å². The van der Waals surface area contributed by atoms with E-state index in [4.69, 9.17) is 4.42 Å². The Labute approximate surface area is 306 Å². The molecular weight excluding hydrogens is 645 g/mol. The maximum absolute atomic E-state index is 6.74. The zero-order chi connectivity index (χ0) is 34.9. The Kier molecular flexibility index (Phi) is 6.55. The van der Waals surface area contributed by atoms with Gasteiger partial charge in [0.15, 0.2) is 0 Å². The molecule has 0 bridgehead atoms. The van der Waals surface area contributed by atoms with Gasteiger partial charge in [0.25, 0.3) is 0 Å². The maximum Gasteiger partial charge on any atom is 0.143 e. The lowest BCUT2D eigenvalue weighted by Gasteiger charge is -2.27. The summed E-state index contributed by atoms with van der Waals surface area (Å²) in [4.78, 5) is 2.39. The van der Waals surface area contributed by atoms with Crippen molar-refractivity contribution in [2.45, 2.75) is 0 Å². The molecule has 3 heteroatoms. The Balaban J connectivity index is 1.19. The summed E-state index contributed by atoms with van der Waals surface area (Å²) < 4.78 is 9.11. The van der Waals surface area contributed by atoms with E-state index in [2.05, 4.69) is 204 Å². The van der Waals surface area contributed by atoms with Gasteiger partial charge in [-0.3, -0.25) is 0 Å². The minimum absolute atomic E-state index is 0.865. The predicted molar refractivity (Wildman–Crippen MR) is 223 cm³/mol. The highest BCUT2D eigenvalue weighted by Gasteiger charge is 2.21. The SMILES string of the molecule is c1ccc(-c2cc(N(c3ccc4c(c3)oc3c5ccccc5ccc43)c3ccc4c(c3)c3ccccc3n4-c3ccccc3)cc3ccccc23)cc1. The van der Waals surface area contributed by atoms with E-state index in [1.165, 1.54) is 49.1 Å². The van der Waals surface area contributed by atoms with Crippen LogP contribution in [-0.2, 0) is 0 Å². The van der Waals surface area contributed by atoms with E-state index >= 15 is 0 Å². The fraction of sp³-hybridized carbons (Fsp3) is 0. The van der Waals surface area contributed by atoms with Crippen molar-refractivity contribution in [3.8, 4) is 16.8 Å². The molecule has 11 rings (SSSR count). The topological polar surface area (TPSA) is 21.3 Å². The van der Waals surface area contributed by atoms with Gasteiger partial charge in [0.05, 0.1) is 11.0 Å². The number of nitrogens with zero attached hydrogens (tertiary/aromatic N) is 2. The van der Waals surface area contributed by atoms with Crippen LogP contribution in [0.25, 0.3) is 82.1 Å². The Bertz CT molecular complexity index is 3170. The van der Waals surface area contributed by atoms with Crippen LogP contribution in [0.1, 0.15) is 0 Å². The number of rotatable bonds is 5. The van der Waals surface area contributed by atoms with Gasteiger partial charge >= 0.3 is 0 Å². The molecule has 9 aromatic carbocycles. The molecule has 0 atom stereocenters. The molecule has 0 saturated heterocycles. The minimum atomic E-state index is 0.865. The van der Waals surface area contributed by atoms with Gasteiger partial charge in [-0.1, -0.05) is 121 Å². The zero-order valence-corrected chi connectivity index (χ0v) is 28.8. The number of hydrogen-bond donors (Lipinski definition) is 0. The molecule has 0 amide bonds. The molecule has 11 aromatic rings. The largest absolute Gasteiger partial charge is 0.455 e. The first-order chi connectivity index (χ1) is 26.3. The van der Waals surface area contributed by atoms with Gasteiger partial charge in [-0.2, -0.15) is 0 Å². The van der Waals surface area contributed by atoms with Crippen LogP contribution in [0.5, 0.6) is 0 Å². The highest BCUT2D eigenvalue weighted by atomic mass is 16.3. The summed E-state index contributed by atoms with van der Waals surface area (Å²) in [5, 5.41) is 9.37. The third-order valence-electron chi connectivity index (χ3n) is 10.7. The van der Waals surface area contributed by atoms with Crippen LogP contribution in [0.15, 0.2) is 199 Å².